The van der Waals surface area contributed by atoms with Crippen molar-refractivity contribution in [2.75, 3.05) is 5.32 Å². The number of nitrogens with one attached hydrogen (secondary N) is 2. The molecule has 0 bridgehead atoms. The third kappa shape index (κ3) is 5.10. The van der Waals surface area contributed by atoms with Gasteiger partial charge in [0.1, 0.15) is 0 Å². The molecule has 3 rings (SSSR count). The summed E-state index contributed by atoms with van der Waals surface area (Å²) in [5, 5.41) is 6.54. The predicted octanol–water partition coefficient (Wildman–Crippen LogP) is 6.09. The van der Waals surface area contributed by atoms with Crippen LogP contribution in [0.25, 0.3) is 0 Å². The summed E-state index contributed by atoms with van der Waals surface area (Å²) in [6.07, 6.45) is -4.36. The van der Waals surface area contributed by atoms with Crippen LogP contribution >= 0.6 is 12.2 Å². The second kappa shape index (κ2) is 8.44. The molecule has 0 radical (unpaired) electrons. The first-order chi connectivity index (χ1) is 13.3. The molecule has 0 amide bonds. The average Bonchev–Trinajstić information content (AvgIpc) is 2.67. The number of rotatable bonds is 4. The van der Waals surface area contributed by atoms with Gasteiger partial charge in [-0.3, -0.25) is 0 Å². The highest BCUT2D eigenvalue weighted by atomic mass is 32.1. The molecular weight excluding hydrogens is 381 g/mol. The number of hydrogen-bond acceptors (Lipinski definition) is 1. The van der Waals surface area contributed by atoms with Gasteiger partial charge in [-0.15, -0.1) is 0 Å². The van der Waals surface area contributed by atoms with Crippen LogP contribution in [0.3, 0.4) is 0 Å². The van der Waals surface area contributed by atoms with Gasteiger partial charge in [-0.05, 0) is 54.5 Å². The molecule has 1 atom stereocenters. The molecule has 0 aromatic heterocycles. The second-order valence-electron chi connectivity index (χ2n) is 6.43. The van der Waals surface area contributed by atoms with Crippen molar-refractivity contribution in [2.24, 2.45) is 0 Å². The highest BCUT2D eigenvalue weighted by Gasteiger charge is 2.30. The Labute approximate surface area is 167 Å². The number of thiocarbonyl (C=S) groups is 1. The van der Waals surface area contributed by atoms with Gasteiger partial charge in [0.2, 0.25) is 0 Å². The van der Waals surface area contributed by atoms with Crippen LogP contribution in [-0.4, -0.2) is 5.11 Å². The summed E-state index contributed by atoms with van der Waals surface area (Å²) in [5.74, 6) is 0. The lowest BCUT2D eigenvalue weighted by atomic mass is 9.98. The summed E-state index contributed by atoms with van der Waals surface area (Å²) in [7, 11) is 0. The number of halogens is 3. The number of hydrogen-bond donors (Lipinski definition) is 2. The van der Waals surface area contributed by atoms with E-state index in [0.717, 1.165) is 28.8 Å². The normalized spacial score (nSPS) is 12.3. The smallest absolute Gasteiger partial charge is 0.352 e. The molecule has 0 spiro atoms. The molecule has 0 aliphatic heterocycles. The van der Waals surface area contributed by atoms with Gasteiger partial charge in [0.05, 0.1) is 11.6 Å². The van der Waals surface area contributed by atoms with E-state index in [-0.39, 0.29) is 6.04 Å². The molecule has 0 saturated heterocycles. The van der Waals surface area contributed by atoms with Crippen LogP contribution in [-0.2, 0) is 6.18 Å². The summed E-state index contributed by atoms with van der Waals surface area (Å²) in [6, 6.07) is 22.5. The number of anilines is 1. The third-order valence-electron chi connectivity index (χ3n) is 4.29. The van der Waals surface area contributed by atoms with Gasteiger partial charge in [0.25, 0.3) is 0 Å². The fraction of sp³-hybridized carbons (Fsp3) is 0.136. The molecule has 3 aromatic carbocycles. The van der Waals surface area contributed by atoms with E-state index in [0.29, 0.717) is 10.8 Å². The van der Waals surface area contributed by atoms with Crippen LogP contribution in [0.15, 0.2) is 78.9 Å². The number of alkyl halides is 3. The molecule has 0 aliphatic rings. The van der Waals surface area contributed by atoms with Crippen molar-refractivity contribution in [2.45, 2.75) is 19.1 Å². The molecule has 144 valence electrons. The van der Waals surface area contributed by atoms with Gasteiger partial charge in [0.15, 0.2) is 5.11 Å². The maximum absolute atomic E-state index is 12.7. The Bertz CT molecular complexity index is 921. The monoisotopic (exact) mass is 400 g/mol. The zero-order chi connectivity index (χ0) is 20.1. The van der Waals surface area contributed by atoms with E-state index >= 15 is 0 Å². The second-order valence-corrected chi connectivity index (χ2v) is 6.84. The average molecular weight is 400 g/mol. The molecule has 0 fully saturated rings. The predicted molar refractivity (Wildman–Crippen MR) is 110 cm³/mol. The van der Waals surface area contributed by atoms with E-state index in [4.69, 9.17) is 12.2 Å². The Kier molecular flexibility index (Phi) is 5.99. The van der Waals surface area contributed by atoms with Gasteiger partial charge in [-0.25, -0.2) is 0 Å². The van der Waals surface area contributed by atoms with E-state index in [2.05, 4.69) is 10.6 Å². The standard InChI is InChI=1S/C22H19F3N2S/c1-15-7-9-17(10-8-15)20(16-5-3-2-4-6-16)27-21(28)26-19-13-11-18(12-14-19)22(23,24)25/h2-14,20H,1H3,(H2,26,27,28)/t20-/m1/s1. The summed E-state index contributed by atoms with van der Waals surface area (Å²) in [4.78, 5) is 0. The summed E-state index contributed by atoms with van der Waals surface area (Å²) in [5.41, 5.74) is 3.01. The summed E-state index contributed by atoms with van der Waals surface area (Å²) in [6.45, 7) is 2.02. The van der Waals surface area contributed by atoms with Crippen LogP contribution in [0.5, 0.6) is 0 Å². The van der Waals surface area contributed by atoms with Crippen LogP contribution in [0.1, 0.15) is 28.3 Å². The Morgan fingerprint density at radius 3 is 1.96 bits per heavy atom. The minimum atomic E-state index is -4.36. The molecule has 0 saturated carbocycles. The van der Waals surface area contributed by atoms with Crippen molar-refractivity contribution in [1.82, 2.24) is 5.32 Å². The minimum Gasteiger partial charge on any atom is -0.352 e. The van der Waals surface area contributed by atoms with Crippen molar-refractivity contribution in [3.63, 3.8) is 0 Å². The lowest BCUT2D eigenvalue weighted by molar-refractivity contribution is -0.137. The topological polar surface area (TPSA) is 24.1 Å². The summed E-state index contributed by atoms with van der Waals surface area (Å²) >= 11 is 5.40. The SMILES string of the molecule is Cc1ccc([C@H](NC(=S)Nc2ccc(C(F)(F)F)cc2)c2ccccc2)cc1. The fourth-order valence-electron chi connectivity index (χ4n) is 2.80. The summed E-state index contributed by atoms with van der Waals surface area (Å²) < 4.78 is 38.1. The van der Waals surface area contributed by atoms with Gasteiger partial charge in [-0.2, -0.15) is 13.2 Å². The van der Waals surface area contributed by atoms with Crippen molar-refractivity contribution in [3.8, 4) is 0 Å². The zero-order valence-electron chi connectivity index (χ0n) is 15.1. The Hall–Kier alpha value is -2.86. The molecule has 28 heavy (non-hydrogen) atoms. The Morgan fingerprint density at radius 2 is 1.39 bits per heavy atom. The van der Waals surface area contributed by atoms with E-state index in [1.807, 2.05) is 61.5 Å². The van der Waals surface area contributed by atoms with Gasteiger partial charge >= 0.3 is 6.18 Å². The van der Waals surface area contributed by atoms with E-state index in [1.54, 1.807) is 0 Å². The maximum atomic E-state index is 12.7. The van der Waals surface area contributed by atoms with Crippen molar-refractivity contribution in [1.29, 1.82) is 0 Å². The molecular formula is C22H19F3N2S. The molecule has 0 unspecified atom stereocenters. The number of benzene rings is 3. The van der Waals surface area contributed by atoms with Gasteiger partial charge in [-0.1, -0.05) is 60.2 Å². The largest absolute Gasteiger partial charge is 0.416 e. The quantitative estimate of drug-likeness (QED) is 0.518. The van der Waals surface area contributed by atoms with Gasteiger partial charge in [0, 0.05) is 5.69 Å². The van der Waals surface area contributed by atoms with Crippen molar-refractivity contribution >= 4 is 23.0 Å². The van der Waals surface area contributed by atoms with Crippen LogP contribution in [0.2, 0.25) is 0 Å². The zero-order valence-corrected chi connectivity index (χ0v) is 15.9. The maximum Gasteiger partial charge on any atom is 0.416 e. The fourth-order valence-corrected chi connectivity index (χ4v) is 3.04. The first kappa shape index (κ1) is 19.9. The van der Waals surface area contributed by atoms with Crippen LogP contribution < -0.4 is 10.6 Å². The van der Waals surface area contributed by atoms with Gasteiger partial charge < -0.3 is 10.6 Å². The molecule has 2 N–H and O–H groups in total. The first-order valence-corrected chi connectivity index (χ1v) is 9.10. The van der Waals surface area contributed by atoms with E-state index in [1.165, 1.54) is 12.1 Å². The van der Waals surface area contributed by atoms with E-state index in [9.17, 15) is 13.2 Å². The molecule has 2 nitrogen and oxygen atoms in total. The van der Waals surface area contributed by atoms with Crippen LogP contribution in [0, 0.1) is 6.92 Å². The molecule has 0 heterocycles. The molecule has 3 aromatic rings. The van der Waals surface area contributed by atoms with Crippen molar-refractivity contribution < 1.29 is 13.2 Å². The molecule has 0 aliphatic carbocycles. The minimum absolute atomic E-state index is 0.184. The highest BCUT2D eigenvalue weighted by Crippen LogP contribution is 2.30. The Morgan fingerprint density at radius 1 is 0.821 bits per heavy atom. The van der Waals surface area contributed by atoms with Crippen LogP contribution in [0.4, 0.5) is 18.9 Å². The highest BCUT2D eigenvalue weighted by molar-refractivity contribution is 7.80. The first-order valence-electron chi connectivity index (χ1n) is 8.69. The number of aryl methyl sites for hydroxylation is 1. The lowest BCUT2D eigenvalue weighted by Gasteiger charge is -2.22. The third-order valence-corrected chi connectivity index (χ3v) is 4.51. The molecule has 6 heteroatoms. The van der Waals surface area contributed by atoms with E-state index < -0.39 is 11.7 Å². The Balaban J connectivity index is 1.77. The lowest BCUT2D eigenvalue weighted by Crippen LogP contribution is -2.33. The van der Waals surface area contributed by atoms with Crippen molar-refractivity contribution in [3.05, 3.63) is 101 Å².